The topological polar surface area (TPSA) is 62.7 Å². The van der Waals surface area contributed by atoms with Gasteiger partial charge in [0.15, 0.2) is 0 Å². The molecular weight excluding hydrogens is 436 g/mol. The SMILES string of the molecule is CC[C@@H](C)Nc1nc(Nc2ccc(C(F)(F)F)cc2C(F)(F)F)cc(-c2ccccn2)n1. The van der Waals surface area contributed by atoms with E-state index in [0.29, 0.717) is 17.5 Å². The monoisotopic (exact) mass is 455 g/mol. The van der Waals surface area contributed by atoms with Crippen molar-refractivity contribution in [1.29, 1.82) is 0 Å². The summed E-state index contributed by atoms with van der Waals surface area (Å²) < 4.78 is 79.3. The first-order valence-corrected chi connectivity index (χ1v) is 9.60. The summed E-state index contributed by atoms with van der Waals surface area (Å²) in [5, 5.41) is 5.53. The molecule has 2 N–H and O–H groups in total. The number of rotatable bonds is 6. The number of hydrogen-bond acceptors (Lipinski definition) is 5. The van der Waals surface area contributed by atoms with Gasteiger partial charge in [-0.3, -0.25) is 4.98 Å². The van der Waals surface area contributed by atoms with Crippen molar-refractivity contribution in [1.82, 2.24) is 15.0 Å². The number of pyridine rings is 1. The molecule has 0 spiro atoms. The molecule has 2 aromatic heterocycles. The average molecular weight is 455 g/mol. The highest BCUT2D eigenvalue weighted by Gasteiger charge is 2.38. The Labute approximate surface area is 179 Å². The highest BCUT2D eigenvalue weighted by Crippen LogP contribution is 2.40. The minimum atomic E-state index is -5.02. The van der Waals surface area contributed by atoms with E-state index in [1.165, 1.54) is 12.3 Å². The van der Waals surface area contributed by atoms with Crippen molar-refractivity contribution in [3.05, 3.63) is 59.8 Å². The van der Waals surface area contributed by atoms with Gasteiger partial charge < -0.3 is 10.6 Å². The maximum atomic E-state index is 13.5. The third-order valence-corrected chi connectivity index (χ3v) is 4.56. The number of aromatic nitrogens is 3. The van der Waals surface area contributed by atoms with Crippen molar-refractivity contribution in [2.75, 3.05) is 10.6 Å². The zero-order chi connectivity index (χ0) is 23.5. The van der Waals surface area contributed by atoms with Crippen LogP contribution in [0.3, 0.4) is 0 Å². The average Bonchev–Trinajstić information content (AvgIpc) is 2.73. The molecule has 0 fully saturated rings. The van der Waals surface area contributed by atoms with Crippen LogP contribution < -0.4 is 10.6 Å². The highest BCUT2D eigenvalue weighted by molar-refractivity contribution is 5.67. The highest BCUT2D eigenvalue weighted by atomic mass is 19.4. The van der Waals surface area contributed by atoms with Crippen molar-refractivity contribution in [2.45, 2.75) is 38.7 Å². The maximum absolute atomic E-state index is 13.5. The predicted molar refractivity (Wildman–Crippen MR) is 108 cm³/mol. The van der Waals surface area contributed by atoms with Crippen molar-refractivity contribution in [3.63, 3.8) is 0 Å². The van der Waals surface area contributed by atoms with Crippen LogP contribution in [0.4, 0.5) is 43.8 Å². The molecule has 5 nitrogen and oxygen atoms in total. The number of nitrogens with one attached hydrogen (secondary N) is 2. The Kier molecular flexibility index (Phi) is 6.56. The fourth-order valence-corrected chi connectivity index (χ4v) is 2.75. The Morgan fingerprint density at radius 3 is 2.25 bits per heavy atom. The molecule has 3 aromatic rings. The molecule has 0 unspecified atom stereocenters. The van der Waals surface area contributed by atoms with Gasteiger partial charge in [-0.05, 0) is 43.7 Å². The maximum Gasteiger partial charge on any atom is 0.418 e. The Bertz CT molecular complexity index is 1070. The molecule has 0 amide bonds. The molecule has 0 saturated carbocycles. The first-order chi connectivity index (χ1) is 15.0. The third-order valence-electron chi connectivity index (χ3n) is 4.56. The van der Waals surface area contributed by atoms with Gasteiger partial charge in [-0.25, -0.2) is 4.98 Å². The minimum Gasteiger partial charge on any atom is -0.352 e. The van der Waals surface area contributed by atoms with Crippen LogP contribution in [-0.4, -0.2) is 21.0 Å². The molecule has 11 heteroatoms. The summed E-state index contributed by atoms with van der Waals surface area (Å²) in [6, 6.07) is 7.81. The van der Waals surface area contributed by atoms with Crippen LogP contribution in [0.2, 0.25) is 0 Å². The lowest BCUT2D eigenvalue weighted by molar-refractivity contribution is -0.142. The summed E-state index contributed by atoms with van der Waals surface area (Å²) in [4.78, 5) is 12.7. The van der Waals surface area contributed by atoms with Crippen LogP contribution in [0.25, 0.3) is 11.4 Å². The van der Waals surface area contributed by atoms with E-state index in [1.54, 1.807) is 18.2 Å². The molecular formula is C21H19F6N5. The van der Waals surface area contributed by atoms with Crippen molar-refractivity contribution >= 4 is 17.5 Å². The molecule has 32 heavy (non-hydrogen) atoms. The second-order valence-corrected chi connectivity index (χ2v) is 7.01. The van der Waals surface area contributed by atoms with E-state index in [1.807, 2.05) is 13.8 Å². The summed E-state index contributed by atoms with van der Waals surface area (Å²) in [5.41, 5.74) is -2.64. The van der Waals surface area contributed by atoms with Gasteiger partial charge >= 0.3 is 12.4 Å². The lowest BCUT2D eigenvalue weighted by atomic mass is 10.1. The number of anilines is 3. The fourth-order valence-electron chi connectivity index (χ4n) is 2.75. The van der Waals surface area contributed by atoms with Gasteiger partial charge in [0, 0.05) is 18.3 Å². The molecule has 0 bridgehead atoms. The number of alkyl halides is 6. The smallest absolute Gasteiger partial charge is 0.352 e. The first kappa shape index (κ1) is 23.3. The van der Waals surface area contributed by atoms with Gasteiger partial charge in [0.2, 0.25) is 5.95 Å². The lowest BCUT2D eigenvalue weighted by Crippen LogP contribution is -2.17. The predicted octanol–water partition coefficient (Wildman–Crippen LogP) is 6.53. The summed E-state index contributed by atoms with van der Waals surface area (Å²) in [6.07, 6.45) is -7.66. The Morgan fingerprint density at radius 1 is 0.906 bits per heavy atom. The molecule has 0 aliphatic rings. The van der Waals surface area contributed by atoms with Gasteiger partial charge in [0.05, 0.1) is 28.2 Å². The van der Waals surface area contributed by atoms with Crippen LogP contribution in [0.5, 0.6) is 0 Å². The zero-order valence-electron chi connectivity index (χ0n) is 17.0. The minimum absolute atomic E-state index is 0.0290. The molecule has 1 atom stereocenters. The number of halogens is 6. The van der Waals surface area contributed by atoms with Crippen LogP contribution in [0, 0.1) is 0 Å². The normalized spacial score (nSPS) is 13.0. The molecule has 2 heterocycles. The largest absolute Gasteiger partial charge is 0.418 e. The Hall–Kier alpha value is -3.37. The summed E-state index contributed by atoms with van der Waals surface area (Å²) >= 11 is 0. The van der Waals surface area contributed by atoms with E-state index >= 15 is 0 Å². The molecule has 0 saturated heterocycles. The van der Waals surface area contributed by atoms with Crippen LogP contribution in [0.15, 0.2) is 48.7 Å². The van der Waals surface area contributed by atoms with Crippen LogP contribution in [0.1, 0.15) is 31.4 Å². The molecule has 3 rings (SSSR count). The summed E-state index contributed by atoms with van der Waals surface area (Å²) in [6.45, 7) is 3.80. The number of nitrogens with zero attached hydrogens (tertiary/aromatic N) is 3. The second kappa shape index (κ2) is 9.01. The Morgan fingerprint density at radius 2 is 1.66 bits per heavy atom. The van der Waals surface area contributed by atoms with E-state index in [2.05, 4.69) is 25.6 Å². The molecule has 1 aromatic carbocycles. The standard InChI is InChI=1S/C21H19F6N5/c1-3-12(2)29-19-31-17(16-6-4-5-9-28-16)11-18(32-19)30-15-8-7-13(20(22,23)24)10-14(15)21(25,26)27/h4-12H,3H2,1-2H3,(H2,29,30,31,32)/t12-/m1/s1. The van der Waals surface area contributed by atoms with E-state index in [-0.39, 0.29) is 23.9 Å². The summed E-state index contributed by atoms with van der Waals surface area (Å²) in [7, 11) is 0. The zero-order valence-corrected chi connectivity index (χ0v) is 17.0. The molecule has 0 aliphatic carbocycles. The third kappa shape index (κ3) is 5.65. The van der Waals surface area contributed by atoms with Crippen molar-refractivity contribution < 1.29 is 26.3 Å². The lowest BCUT2D eigenvalue weighted by Gasteiger charge is -2.18. The molecule has 0 radical (unpaired) electrons. The van der Waals surface area contributed by atoms with Gasteiger partial charge in [-0.1, -0.05) is 13.0 Å². The van der Waals surface area contributed by atoms with Crippen molar-refractivity contribution in [2.24, 2.45) is 0 Å². The van der Waals surface area contributed by atoms with Gasteiger partial charge in [0.1, 0.15) is 5.82 Å². The van der Waals surface area contributed by atoms with E-state index in [9.17, 15) is 26.3 Å². The van der Waals surface area contributed by atoms with E-state index in [0.717, 1.165) is 12.5 Å². The number of benzene rings is 1. The van der Waals surface area contributed by atoms with E-state index < -0.39 is 29.2 Å². The quantitative estimate of drug-likeness (QED) is 0.414. The van der Waals surface area contributed by atoms with Crippen molar-refractivity contribution in [3.8, 4) is 11.4 Å². The van der Waals surface area contributed by atoms with Gasteiger partial charge in [0.25, 0.3) is 0 Å². The number of hydrogen-bond donors (Lipinski definition) is 2. The van der Waals surface area contributed by atoms with Gasteiger partial charge in [-0.2, -0.15) is 31.3 Å². The van der Waals surface area contributed by atoms with Gasteiger partial charge in [-0.15, -0.1) is 0 Å². The molecule has 170 valence electrons. The molecule has 0 aliphatic heterocycles. The second-order valence-electron chi connectivity index (χ2n) is 7.01. The van der Waals surface area contributed by atoms with Crippen LogP contribution >= 0.6 is 0 Å². The van der Waals surface area contributed by atoms with Crippen LogP contribution in [-0.2, 0) is 12.4 Å². The summed E-state index contributed by atoms with van der Waals surface area (Å²) in [5.74, 6) is 0.113. The Balaban J connectivity index is 2.07. The fraction of sp³-hybridized carbons (Fsp3) is 0.286. The van der Waals surface area contributed by atoms with E-state index in [4.69, 9.17) is 0 Å². The first-order valence-electron chi connectivity index (χ1n) is 9.60.